The molecular weight excluding hydrogens is 240 g/mol. The Bertz CT molecular complexity index is 440. The van der Waals surface area contributed by atoms with Gasteiger partial charge in [-0.15, -0.1) is 0 Å². The van der Waals surface area contributed by atoms with Crippen LogP contribution in [0.1, 0.15) is 37.8 Å². The maximum atomic E-state index is 11.8. The summed E-state index contributed by atoms with van der Waals surface area (Å²) in [5, 5.41) is 15.6. The SMILES string of the molecule is CCC(O)(CC)CNC(=O)Nc1cccc(C)c1C. The number of hydrogen-bond acceptors (Lipinski definition) is 2. The number of urea groups is 1. The Hall–Kier alpha value is -1.55. The van der Waals surface area contributed by atoms with Gasteiger partial charge in [-0.25, -0.2) is 4.79 Å². The van der Waals surface area contributed by atoms with Crippen LogP contribution in [0, 0.1) is 13.8 Å². The normalized spacial score (nSPS) is 11.2. The van der Waals surface area contributed by atoms with Crippen LogP contribution in [0.3, 0.4) is 0 Å². The van der Waals surface area contributed by atoms with Gasteiger partial charge < -0.3 is 15.7 Å². The van der Waals surface area contributed by atoms with Crippen LogP contribution in [0.4, 0.5) is 10.5 Å². The van der Waals surface area contributed by atoms with Crippen LogP contribution in [0.15, 0.2) is 18.2 Å². The van der Waals surface area contributed by atoms with E-state index in [0.29, 0.717) is 12.8 Å². The third kappa shape index (κ3) is 4.24. The van der Waals surface area contributed by atoms with E-state index in [0.717, 1.165) is 16.8 Å². The maximum Gasteiger partial charge on any atom is 0.319 e. The van der Waals surface area contributed by atoms with E-state index in [9.17, 15) is 9.90 Å². The van der Waals surface area contributed by atoms with Crippen molar-refractivity contribution in [2.75, 3.05) is 11.9 Å². The van der Waals surface area contributed by atoms with Crippen LogP contribution in [0.5, 0.6) is 0 Å². The van der Waals surface area contributed by atoms with E-state index in [1.807, 2.05) is 45.9 Å². The van der Waals surface area contributed by atoms with Crippen molar-refractivity contribution in [2.24, 2.45) is 0 Å². The predicted octanol–water partition coefficient (Wildman–Crippen LogP) is 2.98. The maximum absolute atomic E-state index is 11.8. The van der Waals surface area contributed by atoms with Crippen LogP contribution in [-0.4, -0.2) is 23.3 Å². The first-order valence-electron chi connectivity index (χ1n) is 6.75. The highest BCUT2D eigenvalue weighted by Crippen LogP contribution is 2.18. The molecule has 0 heterocycles. The van der Waals surface area contributed by atoms with E-state index in [1.54, 1.807) is 0 Å². The standard InChI is InChI=1S/C15H24N2O2/c1-5-15(19,6-2)10-16-14(18)17-13-9-7-8-11(3)12(13)4/h7-9,19H,5-6,10H2,1-4H3,(H2,16,17,18). The van der Waals surface area contributed by atoms with Crippen LogP contribution >= 0.6 is 0 Å². The van der Waals surface area contributed by atoms with Gasteiger partial charge in [-0.1, -0.05) is 26.0 Å². The summed E-state index contributed by atoms with van der Waals surface area (Å²) >= 11 is 0. The largest absolute Gasteiger partial charge is 0.388 e. The van der Waals surface area contributed by atoms with Gasteiger partial charge in [0.15, 0.2) is 0 Å². The highest BCUT2D eigenvalue weighted by molar-refractivity contribution is 5.90. The molecule has 0 saturated heterocycles. The number of aryl methyl sites for hydroxylation is 1. The van der Waals surface area contributed by atoms with Gasteiger partial charge in [-0.3, -0.25) is 0 Å². The summed E-state index contributed by atoms with van der Waals surface area (Å²) in [5.74, 6) is 0. The van der Waals surface area contributed by atoms with Gasteiger partial charge >= 0.3 is 6.03 Å². The van der Waals surface area contributed by atoms with Gasteiger partial charge in [-0.05, 0) is 43.9 Å². The second kappa shape index (κ2) is 6.57. The summed E-state index contributed by atoms with van der Waals surface area (Å²) in [6, 6.07) is 5.50. The fraction of sp³-hybridized carbons (Fsp3) is 0.533. The molecule has 0 saturated carbocycles. The van der Waals surface area contributed by atoms with Gasteiger partial charge in [0.25, 0.3) is 0 Å². The zero-order chi connectivity index (χ0) is 14.5. The molecule has 0 fully saturated rings. The monoisotopic (exact) mass is 264 g/mol. The number of anilines is 1. The molecule has 0 aromatic heterocycles. The lowest BCUT2D eigenvalue weighted by Crippen LogP contribution is -2.43. The van der Waals surface area contributed by atoms with Crippen LogP contribution in [0.2, 0.25) is 0 Å². The molecule has 106 valence electrons. The van der Waals surface area contributed by atoms with E-state index < -0.39 is 5.60 Å². The van der Waals surface area contributed by atoms with Gasteiger partial charge in [0, 0.05) is 12.2 Å². The Labute approximate surface area is 115 Å². The molecule has 3 N–H and O–H groups in total. The number of carbonyl (C=O) groups is 1. The number of rotatable bonds is 5. The van der Waals surface area contributed by atoms with E-state index in [2.05, 4.69) is 10.6 Å². The first-order valence-corrected chi connectivity index (χ1v) is 6.75. The van der Waals surface area contributed by atoms with Crippen molar-refractivity contribution in [2.45, 2.75) is 46.1 Å². The van der Waals surface area contributed by atoms with Crippen molar-refractivity contribution in [1.29, 1.82) is 0 Å². The molecule has 1 aromatic rings. The first-order chi connectivity index (χ1) is 8.91. The van der Waals surface area contributed by atoms with Gasteiger partial charge in [0.1, 0.15) is 0 Å². The average Bonchev–Trinajstić information content (AvgIpc) is 2.41. The van der Waals surface area contributed by atoms with E-state index >= 15 is 0 Å². The van der Waals surface area contributed by atoms with Gasteiger partial charge in [0.2, 0.25) is 0 Å². The Morgan fingerprint density at radius 1 is 1.26 bits per heavy atom. The molecule has 4 heteroatoms. The minimum atomic E-state index is -0.820. The number of aliphatic hydroxyl groups is 1. The molecule has 1 aromatic carbocycles. The minimum Gasteiger partial charge on any atom is -0.388 e. The summed E-state index contributed by atoms with van der Waals surface area (Å²) in [7, 11) is 0. The highest BCUT2D eigenvalue weighted by Gasteiger charge is 2.22. The second-order valence-electron chi connectivity index (χ2n) is 4.99. The number of hydrogen-bond donors (Lipinski definition) is 3. The van der Waals surface area contributed by atoms with Crippen molar-refractivity contribution < 1.29 is 9.90 Å². The van der Waals surface area contributed by atoms with Crippen molar-refractivity contribution in [3.05, 3.63) is 29.3 Å². The molecule has 0 unspecified atom stereocenters. The van der Waals surface area contributed by atoms with Gasteiger partial charge in [-0.2, -0.15) is 0 Å². The topological polar surface area (TPSA) is 61.4 Å². The highest BCUT2D eigenvalue weighted by atomic mass is 16.3. The molecule has 0 radical (unpaired) electrons. The number of benzene rings is 1. The molecule has 2 amide bonds. The minimum absolute atomic E-state index is 0.261. The summed E-state index contributed by atoms with van der Waals surface area (Å²) in [6.07, 6.45) is 1.24. The summed E-state index contributed by atoms with van der Waals surface area (Å²) in [4.78, 5) is 11.8. The van der Waals surface area contributed by atoms with Crippen LogP contribution in [-0.2, 0) is 0 Å². The quantitative estimate of drug-likeness (QED) is 0.765. The van der Waals surface area contributed by atoms with Crippen molar-refractivity contribution in [1.82, 2.24) is 5.32 Å². The predicted molar refractivity (Wildman–Crippen MR) is 78.5 cm³/mol. The van der Waals surface area contributed by atoms with Gasteiger partial charge in [0.05, 0.1) is 5.60 Å². The van der Waals surface area contributed by atoms with E-state index in [4.69, 9.17) is 0 Å². The smallest absolute Gasteiger partial charge is 0.319 e. The molecule has 0 bridgehead atoms. The third-order valence-electron chi connectivity index (χ3n) is 3.75. The Morgan fingerprint density at radius 3 is 2.47 bits per heavy atom. The molecule has 0 spiro atoms. The molecule has 4 nitrogen and oxygen atoms in total. The Kier molecular flexibility index (Phi) is 5.36. The number of nitrogens with one attached hydrogen (secondary N) is 2. The average molecular weight is 264 g/mol. The summed E-state index contributed by atoms with van der Waals surface area (Å²) in [6.45, 7) is 8.06. The Morgan fingerprint density at radius 2 is 1.89 bits per heavy atom. The number of carbonyl (C=O) groups excluding carboxylic acids is 1. The number of amides is 2. The molecule has 1 rings (SSSR count). The van der Waals surface area contributed by atoms with Crippen LogP contribution < -0.4 is 10.6 Å². The molecule has 19 heavy (non-hydrogen) atoms. The first kappa shape index (κ1) is 15.5. The lowest BCUT2D eigenvalue weighted by atomic mass is 9.98. The molecule has 0 aliphatic rings. The fourth-order valence-corrected chi connectivity index (χ4v) is 1.80. The Balaban J connectivity index is 2.59. The third-order valence-corrected chi connectivity index (χ3v) is 3.75. The summed E-state index contributed by atoms with van der Waals surface area (Å²) < 4.78 is 0. The lowest BCUT2D eigenvalue weighted by molar-refractivity contribution is 0.0354. The molecule has 0 aliphatic carbocycles. The van der Waals surface area contributed by atoms with Crippen molar-refractivity contribution in [3.8, 4) is 0 Å². The fourth-order valence-electron chi connectivity index (χ4n) is 1.80. The zero-order valence-corrected chi connectivity index (χ0v) is 12.2. The molecular formula is C15H24N2O2. The second-order valence-corrected chi connectivity index (χ2v) is 4.99. The lowest BCUT2D eigenvalue weighted by Gasteiger charge is -2.25. The summed E-state index contributed by atoms with van der Waals surface area (Å²) in [5.41, 5.74) is 2.17. The zero-order valence-electron chi connectivity index (χ0n) is 12.2. The van der Waals surface area contributed by atoms with Crippen molar-refractivity contribution >= 4 is 11.7 Å². The van der Waals surface area contributed by atoms with E-state index in [1.165, 1.54) is 0 Å². The van der Waals surface area contributed by atoms with E-state index in [-0.39, 0.29) is 12.6 Å². The molecule has 0 atom stereocenters. The molecule has 0 aliphatic heterocycles. The van der Waals surface area contributed by atoms with Crippen LogP contribution in [0.25, 0.3) is 0 Å². The van der Waals surface area contributed by atoms with Crippen molar-refractivity contribution in [3.63, 3.8) is 0 Å².